The number of rotatable bonds is 6. The van der Waals surface area contributed by atoms with Gasteiger partial charge in [0.05, 0.1) is 5.56 Å². The molecule has 0 unspecified atom stereocenters. The van der Waals surface area contributed by atoms with Gasteiger partial charge < -0.3 is 9.62 Å². The van der Waals surface area contributed by atoms with Crippen molar-refractivity contribution >= 4 is 5.97 Å². The van der Waals surface area contributed by atoms with E-state index in [-0.39, 0.29) is 0 Å². The first-order chi connectivity index (χ1) is 12.2. The van der Waals surface area contributed by atoms with Gasteiger partial charge in [-0.05, 0) is 48.9 Å². The maximum atomic E-state index is 12.1. The van der Waals surface area contributed by atoms with Crippen LogP contribution < -0.4 is 9.62 Å². The van der Waals surface area contributed by atoms with E-state index in [4.69, 9.17) is 14.5 Å². The summed E-state index contributed by atoms with van der Waals surface area (Å²) in [5, 5.41) is 0. The van der Waals surface area contributed by atoms with Crippen LogP contribution in [0.1, 0.15) is 21.5 Å². The Morgan fingerprint density at radius 2 is 1.44 bits per heavy atom. The first-order valence-corrected chi connectivity index (χ1v) is 7.93. The van der Waals surface area contributed by atoms with Crippen molar-refractivity contribution in [2.75, 3.05) is 0 Å². The van der Waals surface area contributed by atoms with Gasteiger partial charge in [-0.25, -0.2) is 4.79 Å². The van der Waals surface area contributed by atoms with Crippen LogP contribution >= 0.6 is 0 Å². The van der Waals surface area contributed by atoms with E-state index in [2.05, 4.69) is 0 Å². The predicted octanol–water partition coefficient (Wildman–Crippen LogP) is 4.72. The SMILES string of the molecule is Cc1ccc(C(=O)Oc2ccc(OOCc3ccccc3)cc2)cc1. The quantitative estimate of drug-likeness (QED) is 0.283. The molecule has 0 aliphatic heterocycles. The summed E-state index contributed by atoms with van der Waals surface area (Å²) in [6.07, 6.45) is 0. The van der Waals surface area contributed by atoms with Gasteiger partial charge in [-0.1, -0.05) is 48.0 Å². The van der Waals surface area contributed by atoms with E-state index >= 15 is 0 Å². The third-order valence-electron chi connectivity index (χ3n) is 3.55. The summed E-state index contributed by atoms with van der Waals surface area (Å²) in [7, 11) is 0. The van der Waals surface area contributed by atoms with Crippen LogP contribution in [0.5, 0.6) is 11.5 Å². The van der Waals surface area contributed by atoms with Crippen LogP contribution in [0.3, 0.4) is 0 Å². The standard InChI is InChI=1S/C21H18O4/c1-16-7-9-18(10-8-16)21(22)24-19-11-13-20(14-12-19)25-23-15-17-5-3-2-4-6-17/h2-14H,15H2,1H3. The summed E-state index contributed by atoms with van der Waals surface area (Å²) in [5.74, 6) is 0.584. The van der Waals surface area contributed by atoms with Crippen molar-refractivity contribution in [1.82, 2.24) is 0 Å². The summed E-state index contributed by atoms with van der Waals surface area (Å²) in [6, 6.07) is 23.7. The van der Waals surface area contributed by atoms with E-state index in [1.165, 1.54) is 0 Å². The van der Waals surface area contributed by atoms with Crippen molar-refractivity contribution in [3.8, 4) is 11.5 Å². The van der Waals surface area contributed by atoms with Gasteiger partial charge in [0.15, 0.2) is 5.75 Å². The average Bonchev–Trinajstić information content (AvgIpc) is 2.64. The van der Waals surface area contributed by atoms with Crippen LogP contribution in [0.15, 0.2) is 78.9 Å². The van der Waals surface area contributed by atoms with Crippen LogP contribution in [-0.2, 0) is 11.5 Å². The number of hydrogen-bond acceptors (Lipinski definition) is 4. The predicted molar refractivity (Wildman–Crippen MR) is 94.4 cm³/mol. The molecule has 25 heavy (non-hydrogen) atoms. The van der Waals surface area contributed by atoms with Gasteiger partial charge in [0, 0.05) is 0 Å². The topological polar surface area (TPSA) is 44.8 Å². The smallest absolute Gasteiger partial charge is 0.343 e. The zero-order valence-corrected chi connectivity index (χ0v) is 13.8. The number of carbonyl (C=O) groups is 1. The molecular formula is C21H18O4. The highest BCUT2D eigenvalue weighted by Gasteiger charge is 2.08. The minimum atomic E-state index is -0.394. The molecule has 0 atom stereocenters. The molecule has 0 amide bonds. The van der Waals surface area contributed by atoms with Crippen molar-refractivity contribution in [1.29, 1.82) is 0 Å². The summed E-state index contributed by atoms with van der Waals surface area (Å²) in [4.78, 5) is 22.5. The van der Waals surface area contributed by atoms with Crippen molar-refractivity contribution in [2.24, 2.45) is 0 Å². The lowest BCUT2D eigenvalue weighted by Gasteiger charge is -2.07. The van der Waals surface area contributed by atoms with E-state index < -0.39 is 5.97 Å². The van der Waals surface area contributed by atoms with Crippen LogP contribution in [0, 0.1) is 6.92 Å². The molecule has 3 aromatic rings. The molecule has 4 heteroatoms. The van der Waals surface area contributed by atoms with Gasteiger partial charge in [0.1, 0.15) is 12.4 Å². The fourth-order valence-electron chi connectivity index (χ4n) is 2.16. The van der Waals surface area contributed by atoms with Crippen LogP contribution in [-0.4, -0.2) is 5.97 Å². The molecule has 0 aromatic heterocycles. The Hall–Kier alpha value is -3.11. The molecule has 3 rings (SSSR count). The van der Waals surface area contributed by atoms with Gasteiger partial charge in [-0.3, -0.25) is 0 Å². The summed E-state index contributed by atoms with van der Waals surface area (Å²) in [5.41, 5.74) is 2.62. The van der Waals surface area contributed by atoms with Crippen molar-refractivity contribution in [3.63, 3.8) is 0 Å². The van der Waals surface area contributed by atoms with E-state index in [0.29, 0.717) is 23.7 Å². The Bertz CT molecular complexity index is 809. The molecule has 3 aromatic carbocycles. The Kier molecular flexibility index (Phi) is 5.44. The molecule has 0 aliphatic carbocycles. The third kappa shape index (κ3) is 4.93. The highest BCUT2D eigenvalue weighted by molar-refractivity contribution is 5.91. The molecule has 0 saturated heterocycles. The van der Waals surface area contributed by atoms with Crippen LogP contribution in [0.4, 0.5) is 0 Å². The first kappa shape index (κ1) is 16.7. The fraction of sp³-hybridized carbons (Fsp3) is 0.0952. The molecule has 0 aliphatic rings. The molecule has 0 saturated carbocycles. The summed E-state index contributed by atoms with van der Waals surface area (Å²) < 4.78 is 5.33. The Labute approximate surface area is 146 Å². The fourth-order valence-corrected chi connectivity index (χ4v) is 2.16. The second-order valence-electron chi connectivity index (χ2n) is 5.56. The summed E-state index contributed by atoms with van der Waals surface area (Å²) >= 11 is 0. The number of esters is 1. The molecule has 126 valence electrons. The maximum Gasteiger partial charge on any atom is 0.343 e. The van der Waals surface area contributed by atoms with Gasteiger partial charge >= 0.3 is 5.97 Å². The van der Waals surface area contributed by atoms with Crippen molar-refractivity contribution in [2.45, 2.75) is 13.5 Å². The van der Waals surface area contributed by atoms with E-state index in [0.717, 1.165) is 11.1 Å². The molecule has 0 N–H and O–H groups in total. The van der Waals surface area contributed by atoms with Gasteiger partial charge in [-0.15, -0.1) is 0 Å². The van der Waals surface area contributed by atoms with Crippen molar-refractivity contribution < 1.29 is 19.3 Å². The Morgan fingerprint density at radius 1 is 0.800 bits per heavy atom. The van der Waals surface area contributed by atoms with Gasteiger partial charge in [0.2, 0.25) is 0 Å². The van der Waals surface area contributed by atoms with Gasteiger partial charge in [0.25, 0.3) is 0 Å². The van der Waals surface area contributed by atoms with E-state index in [1.54, 1.807) is 36.4 Å². The zero-order chi connectivity index (χ0) is 17.5. The van der Waals surface area contributed by atoms with E-state index in [1.807, 2.05) is 49.4 Å². The second-order valence-corrected chi connectivity index (χ2v) is 5.56. The number of hydrogen-bond donors (Lipinski definition) is 0. The summed E-state index contributed by atoms with van der Waals surface area (Å²) in [6.45, 7) is 2.32. The minimum absolute atomic E-state index is 0.352. The molecule has 0 radical (unpaired) electrons. The molecule has 4 nitrogen and oxygen atoms in total. The number of benzene rings is 3. The molecule has 0 heterocycles. The minimum Gasteiger partial charge on any atom is -0.423 e. The van der Waals surface area contributed by atoms with Crippen molar-refractivity contribution in [3.05, 3.63) is 95.6 Å². The second kappa shape index (κ2) is 8.13. The molecular weight excluding hydrogens is 316 g/mol. The lowest BCUT2D eigenvalue weighted by molar-refractivity contribution is -0.217. The lowest BCUT2D eigenvalue weighted by atomic mass is 10.1. The zero-order valence-electron chi connectivity index (χ0n) is 13.8. The largest absolute Gasteiger partial charge is 0.423 e. The lowest BCUT2D eigenvalue weighted by Crippen LogP contribution is -2.08. The molecule has 0 bridgehead atoms. The monoisotopic (exact) mass is 334 g/mol. The Balaban J connectivity index is 1.51. The molecule has 0 spiro atoms. The van der Waals surface area contributed by atoms with Crippen LogP contribution in [0.2, 0.25) is 0 Å². The number of carbonyl (C=O) groups excluding carboxylic acids is 1. The highest BCUT2D eigenvalue weighted by atomic mass is 17.2. The normalized spacial score (nSPS) is 10.3. The number of ether oxygens (including phenoxy) is 1. The average molecular weight is 334 g/mol. The maximum absolute atomic E-state index is 12.1. The molecule has 0 fully saturated rings. The first-order valence-electron chi connectivity index (χ1n) is 7.93. The van der Waals surface area contributed by atoms with Crippen LogP contribution in [0.25, 0.3) is 0 Å². The van der Waals surface area contributed by atoms with E-state index in [9.17, 15) is 4.79 Å². The highest BCUT2D eigenvalue weighted by Crippen LogP contribution is 2.19. The number of aryl methyl sites for hydroxylation is 1. The third-order valence-corrected chi connectivity index (χ3v) is 3.55. The Morgan fingerprint density at radius 3 is 2.12 bits per heavy atom. The van der Waals surface area contributed by atoms with Gasteiger partial charge in [-0.2, -0.15) is 4.89 Å².